The number of halogens is 4. The summed E-state index contributed by atoms with van der Waals surface area (Å²) in [5.41, 5.74) is -0.324. The highest BCUT2D eigenvalue weighted by molar-refractivity contribution is 6.55. The SMILES string of the molecule is CC(C)(C)ON=CCOCCOc1c(Cl)cc(OCC=C(Cl)Cl)cc1Cl. The normalized spacial score (nSPS) is 11.5. The van der Waals surface area contributed by atoms with Crippen molar-refractivity contribution in [1.82, 2.24) is 0 Å². The van der Waals surface area contributed by atoms with Crippen LogP contribution in [0.4, 0.5) is 0 Å². The molecule has 146 valence electrons. The molecule has 0 saturated heterocycles. The van der Waals surface area contributed by atoms with Crippen LogP contribution in [-0.2, 0) is 9.57 Å². The zero-order valence-corrected chi connectivity index (χ0v) is 17.8. The Morgan fingerprint density at radius 2 is 1.69 bits per heavy atom. The van der Waals surface area contributed by atoms with Crippen molar-refractivity contribution in [3.8, 4) is 11.5 Å². The summed E-state index contributed by atoms with van der Waals surface area (Å²) < 4.78 is 16.4. The number of oxime groups is 1. The molecular formula is C17H21Cl4NO4. The minimum Gasteiger partial charge on any atom is -0.489 e. The predicted octanol–water partition coefficient (Wildman–Crippen LogP) is 5.89. The van der Waals surface area contributed by atoms with Gasteiger partial charge in [0, 0.05) is 12.1 Å². The van der Waals surface area contributed by atoms with Gasteiger partial charge in [-0.2, -0.15) is 0 Å². The minimum atomic E-state index is -0.324. The van der Waals surface area contributed by atoms with E-state index < -0.39 is 0 Å². The molecule has 5 nitrogen and oxygen atoms in total. The van der Waals surface area contributed by atoms with Gasteiger partial charge in [0.25, 0.3) is 0 Å². The highest BCUT2D eigenvalue weighted by Gasteiger charge is 2.11. The molecule has 0 bridgehead atoms. The molecule has 0 spiro atoms. The Morgan fingerprint density at radius 1 is 1.04 bits per heavy atom. The first-order chi connectivity index (χ1) is 12.2. The van der Waals surface area contributed by atoms with Gasteiger partial charge in [0.1, 0.15) is 29.1 Å². The van der Waals surface area contributed by atoms with Gasteiger partial charge in [-0.1, -0.05) is 51.6 Å². The molecule has 0 N–H and O–H groups in total. The largest absolute Gasteiger partial charge is 0.489 e. The van der Waals surface area contributed by atoms with Crippen LogP contribution in [0, 0.1) is 0 Å². The third-order valence-corrected chi connectivity index (χ3v) is 3.40. The van der Waals surface area contributed by atoms with Crippen LogP contribution < -0.4 is 9.47 Å². The van der Waals surface area contributed by atoms with Crippen LogP contribution in [0.1, 0.15) is 20.8 Å². The zero-order valence-electron chi connectivity index (χ0n) is 14.7. The van der Waals surface area contributed by atoms with Gasteiger partial charge in [-0.05, 0) is 26.8 Å². The Bertz CT molecular complexity index is 603. The molecule has 0 amide bonds. The smallest absolute Gasteiger partial charge is 0.156 e. The molecule has 0 aliphatic heterocycles. The Hall–Kier alpha value is -0.850. The van der Waals surface area contributed by atoms with Gasteiger partial charge in [0.2, 0.25) is 0 Å². The predicted molar refractivity (Wildman–Crippen MR) is 107 cm³/mol. The molecule has 0 atom stereocenters. The molecule has 0 saturated carbocycles. The van der Waals surface area contributed by atoms with Crippen molar-refractivity contribution in [2.24, 2.45) is 5.16 Å². The minimum absolute atomic E-state index is 0.122. The number of nitrogens with zero attached hydrogens (tertiary/aromatic N) is 1. The van der Waals surface area contributed by atoms with Gasteiger partial charge in [-0.25, -0.2) is 0 Å². The Labute approximate surface area is 173 Å². The maximum Gasteiger partial charge on any atom is 0.156 e. The van der Waals surface area contributed by atoms with E-state index in [9.17, 15) is 0 Å². The average Bonchev–Trinajstić information content (AvgIpc) is 2.50. The lowest BCUT2D eigenvalue weighted by atomic mass is 10.2. The molecule has 0 aliphatic rings. The molecule has 26 heavy (non-hydrogen) atoms. The molecule has 1 aromatic carbocycles. The molecular weight excluding hydrogens is 424 g/mol. The second-order valence-electron chi connectivity index (χ2n) is 5.94. The Kier molecular flexibility index (Phi) is 10.5. The van der Waals surface area contributed by atoms with Crippen LogP contribution in [0.2, 0.25) is 10.0 Å². The lowest BCUT2D eigenvalue weighted by Crippen LogP contribution is -2.16. The highest BCUT2D eigenvalue weighted by atomic mass is 35.5. The van der Waals surface area contributed by atoms with Crippen molar-refractivity contribution in [1.29, 1.82) is 0 Å². The number of hydrogen-bond acceptors (Lipinski definition) is 5. The fourth-order valence-corrected chi connectivity index (χ4v) is 2.23. The fourth-order valence-electron chi connectivity index (χ4n) is 1.52. The van der Waals surface area contributed by atoms with Crippen LogP contribution in [0.3, 0.4) is 0 Å². The summed E-state index contributed by atoms with van der Waals surface area (Å²) in [4.78, 5) is 5.18. The molecule has 0 heterocycles. The van der Waals surface area contributed by atoms with E-state index in [1.165, 1.54) is 6.08 Å². The van der Waals surface area contributed by atoms with E-state index in [0.717, 1.165) is 0 Å². The van der Waals surface area contributed by atoms with E-state index in [1.54, 1.807) is 18.3 Å². The van der Waals surface area contributed by atoms with E-state index in [0.29, 0.717) is 34.8 Å². The van der Waals surface area contributed by atoms with Gasteiger partial charge in [0.15, 0.2) is 5.75 Å². The van der Waals surface area contributed by atoms with E-state index in [2.05, 4.69) is 5.16 Å². The Morgan fingerprint density at radius 3 is 2.27 bits per heavy atom. The summed E-state index contributed by atoms with van der Waals surface area (Å²) in [6, 6.07) is 3.19. The lowest BCUT2D eigenvalue weighted by Gasteiger charge is -2.14. The number of ether oxygens (including phenoxy) is 3. The zero-order chi connectivity index (χ0) is 19.6. The maximum atomic E-state index is 6.16. The molecule has 0 aliphatic carbocycles. The Balaban J connectivity index is 2.37. The van der Waals surface area contributed by atoms with Crippen LogP contribution in [0.15, 0.2) is 27.9 Å². The number of benzene rings is 1. The summed E-state index contributed by atoms with van der Waals surface area (Å²) in [5, 5.41) is 4.46. The van der Waals surface area contributed by atoms with Gasteiger partial charge in [-0.3, -0.25) is 0 Å². The van der Waals surface area contributed by atoms with Crippen molar-refractivity contribution >= 4 is 52.6 Å². The molecule has 1 aromatic rings. The second kappa shape index (κ2) is 11.8. The van der Waals surface area contributed by atoms with Crippen LogP contribution in [-0.4, -0.2) is 38.2 Å². The first kappa shape index (κ1) is 23.2. The number of rotatable bonds is 10. The maximum absolute atomic E-state index is 6.16. The first-order valence-corrected chi connectivity index (χ1v) is 9.24. The summed E-state index contributed by atoms with van der Waals surface area (Å²) in [7, 11) is 0. The molecule has 0 fully saturated rings. The topological polar surface area (TPSA) is 49.3 Å². The van der Waals surface area contributed by atoms with Crippen LogP contribution in [0.25, 0.3) is 0 Å². The molecule has 0 unspecified atom stereocenters. The van der Waals surface area contributed by atoms with Gasteiger partial charge >= 0.3 is 0 Å². The standard InChI is InChI=1S/C17H21Cl4NO4/c1-17(2,3)26-22-5-7-23-8-9-25-16-13(18)10-12(11-14(16)19)24-6-4-15(20)21/h4-5,10-11H,6-9H2,1-3H3. The summed E-state index contributed by atoms with van der Waals surface area (Å²) >= 11 is 23.3. The van der Waals surface area contributed by atoms with Crippen LogP contribution in [0.5, 0.6) is 11.5 Å². The van der Waals surface area contributed by atoms with Gasteiger partial charge in [-0.15, -0.1) is 0 Å². The third-order valence-electron chi connectivity index (χ3n) is 2.53. The van der Waals surface area contributed by atoms with Crippen molar-refractivity contribution < 1.29 is 19.0 Å². The van der Waals surface area contributed by atoms with Crippen molar-refractivity contribution in [2.75, 3.05) is 26.4 Å². The van der Waals surface area contributed by atoms with Crippen LogP contribution >= 0.6 is 46.4 Å². The van der Waals surface area contributed by atoms with Gasteiger partial charge < -0.3 is 19.0 Å². The quantitative estimate of drug-likeness (QED) is 0.256. The molecule has 9 heteroatoms. The summed E-state index contributed by atoms with van der Waals surface area (Å²) in [6.07, 6.45) is 3.04. The number of hydrogen-bond donors (Lipinski definition) is 0. The summed E-state index contributed by atoms with van der Waals surface area (Å²) in [6.45, 7) is 6.85. The van der Waals surface area contributed by atoms with E-state index >= 15 is 0 Å². The molecule has 1 rings (SSSR count). The monoisotopic (exact) mass is 443 g/mol. The lowest BCUT2D eigenvalue weighted by molar-refractivity contribution is 0.000529. The summed E-state index contributed by atoms with van der Waals surface area (Å²) in [5.74, 6) is 0.837. The van der Waals surface area contributed by atoms with Crippen molar-refractivity contribution in [3.63, 3.8) is 0 Å². The van der Waals surface area contributed by atoms with E-state index in [4.69, 9.17) is 65.5 Å². The average molecular weight is 445 g/mol. The fraction of sp³-hybridized carbons (Fsp3) is 0.471. The first-order valence-electron chi connectivity index (χ1n) is 7.72. The second-order valence-corrected chi connectivity index (χ2v) is 7.76. The van der Waals surface area contributed by atoms with E-state index in [1.807, 2.05) is 20.8 Å². The van der Waals surface area contributed by atoms with Crippen molar-refractivity contribution in [2.45, 2.75) is 26.4 Å². The van der Waals surface area contributed by atoms with Gasteiger partial charge in [0.05, 0.1) is 29.5 Å². The highest BCUT2D eigenvalue weighted by Crippen LogP contribution is 2.36. The van der Waals surface area contributed by atoms with Crippen molar-refractivity contribution in [3.05, 3.63) is 32.7 Å². The van der Waals surface area contributed by atoms with E-state index in [-0.39, 0.29) is 23.3 Å². The molecule has 0 radical (unpaired) electrons. The molecule has 0 aromatic heterocycles. The third kappa shape index (κ3) is 10.3.